The van der Waals surface area contributed by atoms with Crippen LogP contribution in [0.2, 0.25) is 5.02 Å². The van der Waals surface area contributed by atoms with Gasteiger partial charge >= 0.3 is 5.97 Å². The van der Waals surface area contributed by atoms with Gasteiger partial charge < -0.3 is 24.3 Å². The van der Waals surface area contributed by atoms with Crippen molar-refractivity contribution in [2.75, 3.05) is 31.7 Å². The first-order valence-corrected chi connectivity index (χ1v) is 10.1. The van der Waals surface area contributed by atoms with Crippen LogP contribution in [0.25, 0.3) is 0 Å². The maximum atomic E-state index is 12.0. The summed E-state index contributed by atoms with van der Waals surface area (Å²) in [5, 5.41) is 3.36. The molecule has 0 saturated heterocycles. The van der Waals surface area contributed by atoms with E-state index in [9.17, 15) is 9.59 Å². The summed E-state index contributed by atoms with van der Waals surface area (Å²) in [5.74, 6) is 1.04. The molecule has 1 amide bonds. The second-order valence-electron chi connectivity index (χ2n) is 6.78. The third-order valence-electron chi connectivity index (χ3n) is 4.32. The van der Waals surface area contributed by atoms with E-state index in [0.29, 0.717) is 54.2 Å². The molecule has 1 heterocycles. The quantitative estimate of drug-likeness (QED) is 0.497. The summed E-state index contributed by atoms with van der Waals surface area (Å²) < 4.78 is 21.7. The molecule has 1 N–H and O–H groups in total. The average Bonchev–Trinajstić information content (AvgIpc) is 2.97. The van der Waals surface area contributed by atoms with Crippen LogP contribution in [-0.4, -0.2) is 38.3 Å². The Morgan fingerprint density at radius 2 is 1.90 bits per heavy atom. The van der Waals surface area contributed by atoms with Gasteiger partial charge in [-0.1, -0.05) is 11.6 Å². The molecule has 7 nitrogen and oxygen atoms in total. The molecule has 0 aliphatic carbocycles. The van der Waals surface area contributed by atoms with Gasteiger partial charge in [0.15, 0.2) is 18.1 Å². The van der Waals surface area contributed by atoms with E-state index in [1.54, 1.807) is 30.3 Å². The zero-order chi connectivity index (χ0) is 21.3. The molecule has 8 heteroatoms. The Hall–Kier alpha value is -2.93. The standard InChI is InChI=1S/C22H24ClNO6/c1-15-12-17(6-7-18(15)23)27-9-2-4-22(26)30-14-21(25)24-16-5-8-19-20(13-16)29-11-3-10-28-19/h5-8,12-13H,2-4,9-11,14H2,1H3,(H,24,25). The average molecular weight is 434 g/mol. The first kappa shape index (κ1) is 21.8. The highest BCUT2D eigenvalue weighted by Crippen LogP contribution is 2.32. The largest absolute Gasteiger partial charge is 0.494 e. The summed E-state index contributed by atoms with van der Waals surface area (Å²) in [6.45, 7) is 3.05. The van der Waals surface area contributed by atoms with Crippen molar-refractivity contribution >= 4 is 29.2 Å². The van der Waals surface area contributed by atoms with E-state index in [4.69, 9.17) is 30.5 Å². The van der Waals surface area contributed by atoms with Crippen molar-refractivity contribution in [2.45, 2.75) is 26.2 Å². The fourth-order valence-corrected chi connectivity index (χ4v) is 2.89. The maximum absolute atomic E-state index is 12.0. The monoisotopic (exact) mass is 433 g/mol. The van der Waals surface area contributed by atoms with Gasteiger partial charge in [-0.15, -0.1) is 0 Å². The number of carbonyl (C=O) groups excluding carboxylic acids is 2. The van der Waals surface area contributed by atoms with Gasteiger partial charge in [0.2, 0.25) is 0 Å². The lowest BCUT2D eigenvalue weighted by atomic mass is 10.2. The van der Waals surface area contributed by atoms with Crippen LogP contribution in [0.1, 0.15) is 24.8 Å². The Labute approximate surface area is 180 Å². The Balaban J connectivity index is 1.34. The number of nitrogens with one attached hydrogen (secondary N) is 1. The van der Waals surface area contributed by atoms with Gasteiger partial charge in [-0.05, 0) is 49.2 Å². The minimum absolute atomic E-state index is 0.157. The summed E-state index contributed by atoms with van der Waals surface area (Å²) in [7, 11) is 0. The van der Waals surface area contributed by atoms with Crippen LogP contribution < -0.4 is 19.5 Å². The van der Waals surface area contributed by atoms with Crippen LogP contribution in [0.15, 0.2) is 36.4 Å². The van der Waals surface area contributed by atoms with Crippen molar-refractivity contribution in [2.24, 2.45) is 0 Å². The van der Waals surface area contributed by atoms with E-state index in [2.05, 4.69) is 5.32 Å². The lowest BCUT2D eigenvalue weighted by Crippen LogP contribution is -2.21. The van der Waals surface area contributed by atoms with Gasteiger partial charge in [-0.2, -0.15) is 0 Å². The normalized spacial score (nSPS) is 12.6. The first-order chi connectivity index (χ1) is 14.5. The molecule has 0 atom stereocenters. The van der Waals surface area contributed by atoms with E-state index >= 15 is 0 Å². The summed E-state index contributed by atoms with van der Waals surface area (Å²) in [5.41, 5.74) is 1.47. The van der Waals surface area contributed by atoms with Crippen molar-refractivity contribution in [3.8, 4) is 17.2 Å². The molecule has 0 saturated carbocycles. The SMILES string of the molecule is Cc1cc(OCCCC(=O)OCC(=O)Nc2ccc3c(c2)OCCCO3)ccc1Cl. The van der Waals surface area contributed by atoms with E-state index in [1.807, 2.05) is 13.0 Å². The highest BCUT2D eigenvalue weighted by atomic mass is 35.5. The minimum Gasteiger partial charge on any atom is -0.494 e. The third kappa shape index (κ3) is 6.56. The van der Waals surface area contributed by atoms with Crippen molar-refractivity contribution in [1.82, 2.24) is 0 Å². The molecule has 160 valence electrons. The number of fused-ring (bicyclic) bond motifs is 1. The number of benzene rings is 2. The number of hydrogen-bond donors (Lipinski definition) is 1. The van der Waals surface area contributed by atoms with Gasteiger partial charge in [-0.25, -0.2) is 0 Å². The minimum atomic E-state index is -0.459. The molecule has 0 fully saturated rings. The van der Waals surface area contributed by atoms with E-state index in [1.165, 1.54) is 0 Å². The fraction of sp³-hybridized carbons (Fsp3) is 0.364. The van der Waals surface area contributed by atoms with Crippen molar-refractivity contribution < 1.29 is 28.5 Å². The van der Waals surface area contributed by atoms with Crippen molar-refractivity contribution in [3.63, 3.8) is 0 Å². The fourth-order valence-electron chi connectivity index (χ4n) is 2.77. The number of hydrogen-bond acceptors (Lipinski definition) is 6. The molecule has 0 unspecified atom stereocenters. The van der Waals surface area contributed by atoms with E-state index in [-0.39, 0.29) is 13.0 Å². The van der Waals surface area contributed by atoms with Crippen LogP contribution in [0.4, 0.5) is 5.69 Å². The number of anilines is 1. The predicted molar refractivity (Wildman–Crippen MR) is 113 cm³/mol. The van der Waals surface area contributed by atoms with E-state index < -0.39 is 11.9 Å². The number of carbonyl (C=O) groups is 2. The summed E-state index contributed by atoms with van der Waals surface area (Å²) in [6.07, 6.45) is 1.44. The Morgan fingerprint density at radius 1 is 1.10 bits per heavy atom. The van der Waals surface area contributed by atoms with Crippen molar-refractivity contribution in [3.05, 3.63) is 47.0 Å². The molecule has 0 spiro atoms. The molecule has 1 aliphatic rings. The number of rotatable bonds is 8. The highest BCUT2D eigenvalue weighted by molar-refractivity contribution is 6.31. The molecule has 2 aromatic carbocycles. The number of amides is 1. The van der Waals surface area contributed by atoms with Crippen LogP contribution in [0.3, 0.4) is 0 Å². The molecule has 0 bridgehead atoms. The molecule has 0 aromatic heterocycles. The highest BCUT2D eigenvalue weighted by Gasteiger charge is 2.13. The van der Waals surface area contributed by atoms with Crippen LogP contribution >= 0.6 is 11.6 Å². The van der Waals surface area contributed by atoms with Crippen LogP contribution in [-0.2, 0) is 14.3 Å². The Kier molecular flexibility index (Phi) is 7.79. The molecule has 1 aliphatic heterocycles. The smallest absolute Gasteiger partial charge is 0.306 e. The van der Waals surface area contributed by atoms with Gasteiger partial charge in [0.05, 0.1) is 19.8 Å². The third-order valence-corrected chi connectivity index (χ3v) is 4.74. The van der Waals surface area contributed by atoms with Crippen LogP contribution in [0.5, 0.6) is 17.2 Å². The number of esters is 1. The summed E-state index contributed by atoms with van der Waals surface area (Å²) in [6, 6.07) is 10.5. The molecular formula is C22H24ClNO6. The van der Waals surface area contributed by atoms with Crippen molar-refractivity contribution in [1.29, 1.82) is 0 Å². The number of ether oxygens (including phenoxy) is 4. The molecule has 0 radical (unpaired) electrons. The second-order valence-corrected chi connectivity index (χ2v) is 7.19. The summed E-state index contributed by atoms with van der Waals surface area (Å²) in [4.78, 5) is 23.9. The van der Waals surface area contributed by atoms with Gasteiger partial charge in [-0.3, -0.25) is 9.59 Å². The first-order valence-electron chi connectivity index (χ1n) is 9.75. The number of aryl methyl sites for hydroxylation is 1. The zero-order valence-electron chi connectivity index (χ0n) is 16.7. The molecule has 30 heavy (non-hydrogen) atoms. The summed E-state index contributed by atoms with van der Waals surface area (Å²) >= 11 is 5.97. The van der Waals surface area contributed by atoms with Gasteiger partial charge in [0, 0.05) is 29.6 Å². The topological polar surface area (TPSA) is 83.1 Å². The lowest BCUT2D eigenvalue weighted by Gasteiger charge is -2.11. The second kappa shape index (κ2) is 10.7. The Bertz CT molecular complexity index is 901. The molecular weight excluding hydrogens is 410 g/mol. The lowest BCUT2D eigenvalue weighted by molar-refractivity contribution is -0.147. The van der Waals surface area contributed by atoms with Crippen LogP contribution in [0, 0.1) is 6.92 Å². The molecule has 3 rings (SSSR count). The van der Waals surface area contributed by atoms with Gasteiger partial charge in [0.1, 0.15) is 5.75 Å². The van der Waals surface area contributed by atoms with Gasteiger partial charge in [0.25, 0.3) is 5.91 Å². The van der Waals surface area contributed by atoms with E-state index in [0.717, 1.165) is 12.0 Å². The predicted octanol–water partition coefficient (Wildman–Crippen LogP) is 4.15. The number of halogens is 1. The molecule has 2 aromatic rings. The zero-order valence-corrected chi connectivity index (χ0v) is 17.5. The Morgan fingerprint density at radius 3 is 2.70 bits per heavy atom. The maximum Gasteiger partial charge on any atom is 0.306 e.